The van der Waals surface area contributed by atoms with Crippen LogP contribution < -0.4 is 5.32 Å². The predicted molar refractivity (Wildman–Crippen MR) is 130 cm³/mol. The molecule has 1 heterocycles. The Balaban J connectivity index is 1.70. The monoisotopic (exact) mass is 532 g/mol. The zero-order valence-corrected chi connectivity index (χ0v) is 21.3. The molecule has 2 aromatic rings. The Morgan fingerprint density at radius 3 is 2.47 bits per heavy atom. The van der Waals surface area contributed by atoms with E-state index in [2.05, 4.69) is 26.0 Å². The number of amides is 2. The van der Waals surface area contributed by atoms with Crippen molar-refractivity contribution in [3.63, 3.8) is 0 Å². The highest BCUT2D eigenvalue weighted by molar-refractivity contribution is 9.10. The molecule has 2 aromatic carbocycles. The number of carbonyl (C=O) groups is 4. The molecule has 0 spiro atoms. The zero-order valence-electron chi connectivity index (χ0n) is 19.7. The number of fused-ring (bicyclic) bond motifs is 1. The number of benzene rings is 2. The zero-order chi connectivity index (χ0) is 25.0. The highest BCUT2D eigenvalue weighted by Gasteiger charge is 2.49. The average Bonchev–Trinajstić information content (AvgIpc) is 3.22. The maximum absolute atomic E-state index is 13.2. The Morgan fingerprint density at radius 2 is 1.79 bits per heavy atom. The molecule has 0 bridgehead atoms. The summed E-state index contributed by atoms with van der Waals surface area (Å²) < 4.78 is 11.0. The van der Waals surface area contributed by atoms with E-state index in [1.54, 1.807) is 32.9 Å². The summed E-state index contributed by atoms with van der Waals surface area (Å²) in [5, 5.41) is 4.43. The van der Waals surface area contributed by atoms with Crippen molar-refractivity contribution in [3.05, 3.63) is 46.4 Å². The molecule has 1 aliphatic heterocycles. The highest BCUT2D eigenvalue weighted by Crippen LogP contribution is 2.32. The number of esters is 1. The second kappa shape index (κ2) is 10.5. The van der Waals surface area contributed by atoms with Crippen LogP contribution in [0.2, 0.25) is 0 Å². The molecule has 3 rings (SSSR count). The van der Waals surface area contributed by atoms with Gasteiger partial charge >= 0.3 is 12.1 Å². The first kappa shape index (κ1) is 25.7. The van der Waals surface area contributed by atoms with Gasteiger partial charge in [-0.25, -0.2) is 9.59 Å². The molecule has 1 fully saturated rings. The quantitative estimate of drug-likeness (QED) is 0.425. The van der Waals surface area contributed by atoms with Crippen molar-refractivity contribution < 1.29 is 28.7 Å². The van der Waals surface area contributed by atoms with Crippen molar-refractivity contribution in [3.8, 4) is 0 Å². The molecule has 0 saturated carbocycles. The fourth-order valence-corrected chi connectivity index (χ4v) is 4.53. The van der Waals surface area contributed by atoms with Crippen LogP contribution >= 0.6 is 15.9 Å². The van der Waals surface area contributed by atoms with Crippen molar-refractivity contribution in [2.45, 2.75) is 45.2 Å². The number of carbonyl (C=O) groups excluding carboxylic acids is 4. The molecule has 0 aromatic heterocycles. The standard InChI is InChI=1S/C25H29BrN2O6/c1-15(2)21(27-24(32)33-4)22(30)28-11-5-10-25(28,3)23(31)34-14-20(29)18-7-6-17-13-19(26)9-8-16(17)12-18/h6-9,12-13,15,21H,5,10-11,14H2,1-4H3,(H,27,32). The molecule has 34 heavy (non-hydrogen) atoms. The Morgan fingerprint density at radius 1 is 1.12 bits per heavy atom. The van der Waals surface area contributed by atoms with Crippen LogP contribution in [0, 0.1) is 5.92 Å². The molecule has 1 saturated heterocycles. The van der Waals surface area contributed by atoms with E-state index in [0.29, 0.717) is 24.9 Å². The number of ether oxygens (including phenoxy) is 2. The first-order valence-electron chi connectivity index (χ1n) is 11.1. The summed E-state index contributed by atoms with van der Waals surface area (Å²) in [6, 6.07) is 10.2. The van der Waals surface area contributed by atoms with Crippen LogP contribution in [0.5, 0.6) is 0 Å². The number of halogens is 1. The number of likely N-dealkylation sites (tertiary alicyclic amines) is 1. The van der Waals surface area contributed by atoms with E-state index in [-0.39, 0.29) is 17.6 Å². The Hall–Kier alpha value is -2.94. The lowest BCUT2D eigenvalue weighted by molar-refractivity contribution is -0.160. The fourth-order valence-electron chi connectivity index (χ4n) is 4.16. The third-order valence-corrected chi connectivity index (χ3v) is 6.69. The molecule has 0 aliphatic carbocycles. The summed E-state index contributed by atoms with van der Waals surface area (Å²) in [6.45, 7) is 5.15. The molecule has 182 valence electrons. The first-order chi connectivity index (χ1) is 16.1. The summed E-state index contributed by atoms with van der Waals surface area (Å²) in [5.74, 6) is -1.58. The van der Waals surface area contributed by atoms with Gasteiger partial charge in [-0.05, 0) is 54.7 Å². The number of nitrogens with one attached hydrogen (secondary N) is 1. The lowest BCUT2D eigenvalue weighted by Gasteiger charge is -2.36. The number of nitrogens with zero attached hydrogens (tertiary/aromatic N) is 1. The van der Waals surface area contributed by atoms with Gasteiger partial charge in [0.15, 0.2) is 12.4 Å². The van der Waals surface area contributed by atoms with Crippen LogP contribution in [0.3, 0.4) is 0 Å². The molecule has 2 amide bonds. The molecule has 8 nitrogen and oxygen atoms in total. The van der Waals surface area contributed by atoms with Crippen molar-refractivity contribution in [1.82, 2.24) is 10.2 Å². The summed E-state index contributed by atoms with van der Waals surface area (Å²) >= 11 is 3.43. The van der Waals surface area contributed by atoms with Gasteiger partial charge in [0.1, 0.15) is 11.6 Å². The van der Waals surface area contributed by atoms with E-state index < -0.39 is 30.3 Å². The largest absolute Gasteiger partial charge is 0.456 e. The van der Waals surface area contributed by atoms with Gasteiger partial charge in [0.05, 0.1) is 7.11 Å². The van der Waals surface area contributed by atoms with Crippen molar-refractivity contribution in [2.24, 2.45) is 5.92 Å². The second-order valence-corrected chi connectivity index (χ2v) is 9.85. The molecule has 1 N–H and O–H groups in total. The van der Waals surface area contributed by atoms with Gasteiger partial charge in [0, 0.05) is 16.6 Å². The third kappa shape index (κ3) is 5.41. The third-order valence-electron chi connectivity index (χ3n) is 6.20. The Bertz CT molecular complexity index is 1120. The van der Waals surface area contributed by atoms with Crippen LogP contribution in [0.4, 0.5) is 4.79 Å². The normalized spacial score (nSPS) is 18.6. The highest BCUT2D eigenvalue weighted by atomic mass is 79.9. The van der Waals surface area contributed by atoms with Crippen LogP contribution in [0.1, 0.15) is 44.0 Å². The SMILES string of the molecule is COC(=O)NC(C(=O)N1CCCC1(C)C(=O)OCC(=O)c1ccc2cc(Br)ccc2c1)C(C)C. The minimum Gasteiger partial charge on any atom is -0.456 e. The Labute approximate surface area is 207 Å². The summed E-state index contributed by atoms with van der Waals surface area (Å²) in [7, 11) is 1.22. The summed E-state index contributed by atoms with van der Waals surface area (Å²) in [5.41, 5.74) is -0.785. The number of ketones is 1. The maximum Gasteiger partial charge on any atom is 0.407 e. The second-order valence-electron chi connectivity index (χ2n) is 8.93. The maximum atomic E-state index is 13.2. The summed E-state index contributed by atoms with van der Waals surface area (Å²) in [6.07, 6.45) is 0.290. The van der Waals surface area contributed by atoms with Crippen LogP contribution in [0.15, 0.2) is 40.9 Å². The van der Waals surface area contributed by atoms with E-state index in [9.17, 15) is 19.2 Å². The number of hydrogen-bond acceptors (Lipinski definition) is 6. The molecule has 2 unspecified atom stereocenters. The molecule has 2 atom stereocenters. The minimum atomic E-state index is -1.22. The van der Waals surface area contributed by atoms with Gasteiger partial charge in [-0.15, -0.1) is 0 Å². The van der Waals surface area contributed by atoms with E-state index in [1.807, 2.05) is 24.3 Å². The number of rotatable bonds is 7. The number of alkyl carbamates (subject to hydrolysis) is 1. The van der Waals surface area contributed by atoms with E-state index in [1.165, 1.54) is 12.0 Å². The van der Waals surface area contributed by atoms with Crippen LogP contribution in [-0.4, -0.2) is 60.5 Å². The number of methoxy groups -OCH3 is 1. The predicted octanol–water partition coefficient (Wildman–Crippen LogP) is 4.09. The van der Waals surface area contributed by atoms with E-state index >= 15 is 0 Å². The molecule has 9 heteroatoms. The van der Waals surface area contributed by atoms with Gasteiger partial charge in [0.2, 0.25) is 5.91 Å². The van der Waals surface area contributed by atoms with Gasteiger partial charge in [-0.1, -0.05) is 48.0 Å². The average molecular weight is 533 g/mol. The number of Topliss-reactive ketones (excluding diaryl/α,β-unsaturated/α-hetero) is 1. The van der Waals surface area contributed by atoms with E-state index in [0.717, 1.165) is 15.2 Å². The van der Waals surface area contributed by atoms with Gasteiger partial charge < -0.3 is 19.7 Å². The Kier molecular flexibility index (Phi) is 7.97. The van der Waals surface area contributed by atoms with Gasteiger partial charge in [0.25, 0.3) is 0 Å². The molecular weight excluding hydrogens is 504 g/mol. The fraction of sp³-hybridized carbons (Fsp3) is 0.440. The van der Waals surface area contributed by atoms with Crippen molar-refractivity contribution >= 4 is 50.5 Å². The lowest BCUT2D eigenvalue weighted by atomic mass is 9.96. The van der Waals surface area contributed by atoms with Gasteiger partial charge in [-0.3, -0.25) is 9.59 Å². The smallest absolute Gasteiger partial charge is 0.407 e. The minimum absolute atomic E-state index is 0.220. The summed E-state index contributed by atoms with van der Waals surface area (Å²) in [4.78, 5) is 52.2. The lowest BCUT2D eigenvalue weighted by Crippen LogP contribution is -2.58. The van der Waals surface area contributed by atoms with Crippen molar-refractivity contribution in [1.29, 1.82) is 0 Å². The van der Waals surface area contributed by atoms with Crippen molar-refractivity contribution in [2.75, 3.05) is 20.3 Å². The topological polar surface area (TPSA) is 102 Å². The van der Waals surface area contributed by atoms with Crippen LogP contribution in [-0.2, 0) is 19.1 Å². The number of hydrogen-bond donors (Lipinski definition) is 1. The van der Waals surface area contributed by atoms with Gasteiger partial charge in [-0.2, -0.15) is 0 Å². The molecule has 1 aliphatic rings. The first-order valence-corrected chi connectivity index (χ1v) is 11.9. The molecule has 0 radical (unpaired) electrons. The van der Waals surface area contributed by atoms with Crippen LogP contribution in [0.25, 0.3) is 10.8 Å². The van der Waals surface area contributed by atoms with E-state index in [4.69, 9.17) is 4.74 Å². The molecular formula is C25H29BrN2O6.